The number of likely N-dealkylation sites (N-methyl/N-ethyl adjacent to an activating group) is 1. The predicted octanol–water partition coefficient (Wildman–Crippen LogP) is 1.85. The molecule has 0 aliphatic heterocycles. The van der Waals surface area contributed by atoms with Gasteiger partial charge >= 0.3 is 5.97 Å². The van der Waals surface area contributed by atoms with Crippen LogP contribution < -0.4 is 0 Å². The van der Waals surface area contributed by atoms with Crippen molar-refractivity contribution in [3.05, 3.63) is 28.7 Å². The van der Waals surface area contributed by atoms with Crippen molar-refractivity contribution in [2.24, 2.45) is 0 Å². The number of rotatable bonds is 6. The molecule has 1 atom stereocenters. The average Bonchev–Trinajstić information content (AvgIpc) is 3.23. The molecule has 0 aromatic carbocycles. The number of aromatic carboxylic acids is 1. The normalized spacial score (nSPS) is 20.0. The SMILES string of the molecule is CCn1nc(C(=O)O)c2c1CC[C@H](N(C)Cc1nc(C3CC3)no1)C2. The van der Waals surface area contributed by atoms with Crippen LogP contribution in [0.4, 0.5) is 0 Å². The van der Waals surface area contributed by atoms with E-state index in [0.29, 0.717) is 31.3 Å². The molecule has 25 heavy (non-hydrogen) atoms. The van der Waals surface area contributed by atoms with Crippen molar-refractivity contribution in [3.63, 3.8) is 0 Å². The summed E-state index contributed by atoms with van der Waals surface area (Å²) in [6.07, 6.45) is 4.81. The Morgan fingerprint density at radius 1 is 1.40 bits per heavy atom. The first-order valence-electron chi connectivity index (χ1n) is 8.91. The van der Waals surface area contributed by atoms with Crippen LogP contribution in [0.5, 0.6) is 0 Å². The number of carbonyl (C=O) groups is 1. The number of aromatic nitrogens is 4. The highest BCUT2D eigenvalue weighted by Gasteiger charge is 2.32. The topological polar surface area (TPSA) is 97.3 Å². The molecule has 2 aromatic heterocycles. The minimum absolute atomic E-state index is 0.198. The number of fused-ring (bicyclic) bond motifs is 1. The second kappa shape index (κ2) is 6.25. The van der Waals surface area contributed by atoms with Crippen LogP contribution in [0.15, 0.2) is 4.52 Å². The van der Waals surface area contributed by atoms with Crippen molar-refractivity contribution in [2.75, 3.05) is 7.05 Å². The molecule has 1 saturated carbocycles. The summed E-state index contributed by atoms with van der Waals surface area (Å²) in [5.74, 6) is 1.00. The highest BCUT2D eigenvalue weighted by atomic mass is 16.5. The summed E-state index contributed by atoms with van der Waals surface area (Å²) in [6.45, 7) is 3.27. The van der Waals surface area contributed by atoms with Crippen molar-refractivity contribution in [2.45, 2.75) is 64.1 Å². The Bertz CT molecular complexity index is 792. The van der Waals surface area contributed by atoms with E-state index in [1.807, 2.05) is 18.7 Å². The van der Waals surface area contributed by atoms with Gasteiger partial charge in [0.25, 0.3) is 0 Å². The fourth-order valence-electron chi connectivity index (χ4n) is 3.66. The zero-order valence-corrected chi connectivity index (χ0v) is 14.6. The lowest BCUT2D eigenvalue weighted by Crippen LogP contribution is -2.36. The summed E-state index contributed by atoms with van der Waals surface area (Å²) < 4.78 is 7.20. The van der Waals surface area contributed by atoms with E-state index in [2.05, 4.69) is 20.1 Å². The van der Waals surface area contributed by atoms with Crippen molar-refractivity contribution >= 4 is 5.97 Å². The Morgan fingerprint density at radius 3 is 2.88 bits per heavy atom. The number of carboxylic acid groups (broad SMARTS) is 1. The largest absolute Gasteiger partial charge is 0.476 e. The third-order valence-corrected chi connectivity index (χ3v) is 5.26. The first-order chi connectivity index (χ1) is 12.1. The second-order valence-electron chi connectivity index (χ2n) is 7.03. The summed E-state index contributed by atoms with van der Waals surface area (Å²) in [6, 6.07) is 0.247. The second-order valence-corrected chi connectivity index (χ2v) is 7.03. The van der Waals surface area contributed by atoms with Gasteiger partial charge in [-0.15, -0.1) is 0 Å². The molecule has 0 spiro atoms. The van der Waals surface area contributed by atoms with Crippen LogP contribution in [0.1, 0.15) is 65.6 Å². The summed E-state index contributed by atoms with van der Waals surface area (Å²) >= 11 is 0. The molecule has 2 aromatic rings. The molecule has 0 radical (unpaired) electrons. The molecule has 1 fully saturated rings. The maximum Gasteiger partial charge on any atom is 0.356 e. The molecule has 0 bridgehead atoms. The summed E-state index contributed by atoms with van der Waals surface area (Å²) in [7, 11) is 2.03. The third kappa shape index (κ3) is 3.06. The summed E-state index contributed by atoms with van der Waals surface area (Å²) in [5, 5.41) is 17.8. The van der Waals surface area contributed by atoms with Gasteiger partial charge in [-0.05, 0) is 46.1 Å². The van der Waals surface area contributed by atoms with Gasteiger partial charge in [0.05, 0.1) is 6.54 Å². The third-order valence-electron chi connectivity index (χ3n) is 5.26. The van der Waals surface area contributed by atoms with Crippen LogP contribution in [0.25, 0.3) is 0 Å². The quantitative estimate of drug-likeness (QED) is 0.853. The first-order valence-corrected chi connectivity index (χ1v) is 8.91. The maximum atomic E-state index is 11.5. The van der Waals surface area contributed by atoms with Gasteiger partial charge in [0, 0.05) is 29.8 Å². The number of aryl methyl sites for hydroxylation is 1. The molecule has 0 unspecified atom stereocenters. The van der Waals surface area contributed by atoms with Crippen molar-refractivity contribution in [3.8, 4) is 0 Å². The van der Waals surface area contributed by atoms with Gasteiger partial charge in [0.1, 0.15) is 0 Å². The first kappa shape index (κ1) is 16.3. The van der Waals surface area contributed by atoms with E-state index < -0.39 is 5.97 Å². The zero-order chi connectivity index (χ0) is 17.6. The molecule has 0 amide bonds. The van der Waals surface area contributed by atoms with Crippen LogP contribution >= 0.6 is 0 Å². The average molecular weight is 345 g/mol. The molecule has 4 rings (SSSR count). The highest BCUT2D eigenvalue weighted by molar-refractivity contribution is 5.87. The van der Waals surface area contributed by atoms with E-state index >= 15 is 0 Å². The summed E-state index contributed by atoms with van der Waals surface area (Å²) in [5.41, 5.74) is 2.14. The van der Waals surface area contributed by atoms with E-state index in [1.165, 1.54) is 0 Å². The van der Waals surface area contributed by atoms with E-state index in [1.54, 1.807) is 0 Å². The molecule has 1 N–H and O–H groups in total. The number of carboxylic acids is 1. The number of hydrogen-bond donors (Lipinski definition) is 1. The standard InChI is InChI=1S/C17H23N5O3/c1-3-22-13-7-6-11(8-12(13)15(19-22)17(23)24)21(2)9-14-18-16(20-25-14)10-4-5-10/h10-11H,3-9H2,1-2H3,(H,23,24)/t11-/m0/s1. The fraction of sp³-hybridized carbons (Fsp3) is 0.647. The minimum atomic E-state index is -0.947. The molecular formula is C17H23N5O3. The fourth-order valence-corrected chi connectivity index (χ4v) is 3.66. The van der Waals surface area contributed by atoms with Crippen LogP contribution in [0.2, 0.25) is 0 Å². The smallest absolute Gasteiger partial charge is 0.356 e. The Labute approximate surface area is 145 Å². The Morgan fingerprint density at radius 2 is 2.20 bits per heavy atom. The van der Waals surface area contributed by atoms with E-state index in [4.69, 9.17) is 4.52 Å². The van der Waals surface area contributed by atoms with Crippen LogP contribution in [0, 0.1) is 0 Å². The number of nitrogens with zero attached hydrogens (tertiary/aromatic N) is 5. The van der Waals surface area contributed by atoms with Crippen molar-refractivity contribution < 1.29 is 14.4 Å². The molecule has 134 valence electrons. The number of hydrogen-bond acceptors (Lipinski definition) is 6. The molecule has 2 heterocycles. The van der Waals surface area contributed by atoms with Gasteiger partial charge in [-0.2, -0.15) is 10.1 Å². The summed E-state index contributed by atoms with van der Waals surface area (Å²) in [4.78, 5) is 18.2. The predicted molar refractivity (Wildman–Crippen MR) is 88.4 cm³/mol. The molecular weight excluding hydrogens is 322 g/mol. The van der Waals surface area contributed by atoms with E-state index in [9.17, 15) is 9.90 Å². The van der Waals surface area contributed by atoms with Crippen molar-refractivity contribution in [1.82, 2.24) is 24.8 Å². The monoisotopic (exact) mass is 345 g/mol. The van der Waals surface area contributed by atoms with Gasteiger partial charge < -0.3 is 9.63 Å². The van der Waals surface area contributed by atoms with Gasteiger partial charge in [0.15, 0.2) is 11.5 Å². The Hall–Kier alpha value is -2.22. The lowest BCUT2D eigenvalue weighted by atomic mass is 9.90. The van der Waals surface area contributed by atoms with Gasteiger partial charge in [0.2, 0.25) is 5.89 Å². The molecule has 2 aliphatic rings. The van der Waals surface area contributed by atoms with Gasteiger partial charge in [-0.25, -0.2) is 4.79 Å². The van der Waals surface area contributed by atoms with E-state index in [-0.39, 0.29) is 11.7 Å². The minimum Gasteiger partial charge on any atom is -0.476 e. The van der Waals surface area contributed by atoms with Crippen molar-refractivity contribution in [1.29, 1.82) is 0 Å². The van der Waals surface area contributed by atoms with Crippen LogP contribution in [-0.4, -0.2) is 49.0 Å². The van der Waals surface area contributed by atoms with E-state index in [0.717, 1.165) is 42.8 Å². The maximum absolute atomic E-state index is 11.5. The molecule has 0 saturated heterocycles. The Balaban J connectivity index is 1.48. The van der Waals surface area contributed by atoms with Gasteiger partial charge in [-0.1, -0.05) is 5.16 Å². The molecule has 8 nitrogen and oxygen atoms in total. The lowest BCUT2D eigenvalue weighted by molar-refractivity contribution is 0.0687. The highest BCUT2D eigenvalue weighted by Crippen LogP contribution is 2.38. The lowest BCUT2D eigenvalue weighted by Gasteiger charge is -2.30. The van der Waals surface area contributed by atoms with Crippen LogP contribution in [0.3, 0.4) is 0 Å². The Kier molecular flexibility index (Phi) is 4.07. The van der Waals surface area contributed by atoms with Gasteiger partial charge in [-0.3, -0.25) is 9.58 Å². The molecule has 2 aliphatic carbocycles. The zero-order valence-electron chi connectivity index (χ0n) is 14.6. The van der Waals surface area contributed by atoms with Crippen LogP contribution in [-0.2, 0) is 25.9 Å². The molecule has 8 heteroatoms.